The van der Waals surface area contributed by atoms with Crippen molar-refractivity contribution in [3.8, 4) is 17.5 Å². The quantitative estimate of drug-likeness (QED) is 0.473. The Morgan fingerprint density at radius 3 is 2.61 bits per heavy atom. The van der Waals surface area contributed by atoms with Crippen LogP contribution in [0.3, 0.4) is 0 Å². The number of halogens is 2. The fraction of sp³-hybridized carbons (Fsp3) is 0.286. The van der Waals surface area contributed by atoms with Gasteiger partial charge in [0.2, 0.25) is 0 Å². The van der Waals surface area contributed by atoms with Crippen LogP contribution in [0.15, 0.2) is 30.3 Å². The van der Waals surface area contributed by atoms with Crippen molar-refractivity contribution in [2.75, 3.05) is 12.4 Å². The van der Waals surface area contributed by atoms with Crippen LogP contribution >= 0.6 is 23.2 Å². The van der Waals surface area contributed by atoms with E-state index in [1.807, 2.05) is 12.1 Å². The van der Waals surface area contributed by atoms with Crippen LogP contribution in [-0.4, -0.2) is 34.8 Å². The molecule has 3 N–H and O–H groups in total. The van der Waals surface area contributed by atoms with E-state index in [9.17, 15) is 9.59 Å². The van der Waals surface area contributed by atoms with Gasteiger partial charge in [-0.05, 0) is 44.0 Å². The van der Waals surface area contributed by atoms with E-state index in [4.69, 9.17) is 32.7 Å². The number of aromatic nitrogens is 2. The summed E-state index contributed by atoms with van der Waals surface area (Å²) in [6.45, 7) is 2.16. The summed E-state index contributed by atoms with van der Waals surface area (Å²) >= 11 is 12.8. The van der Waals surface area contributed by atoms with Crippen LogP contribution in [0, 0.1) is 0 Å². The Hall–Kier alpha value is -3.21. The lowest BCUT2D eigenvalue weighted by atomic mass is 10.2. The molecule has 5 rings (SSSR count). The first kappa shape index (κ1) is 21.6. The van der Waals surface area contributed by atoms with Crippen LogP contribution in [0.1, 0.15) is 19.8 Å². The van der Waals surface area contributed by atoms with Crippen molar-refractivity contribution in [1.29, 1.82) is 0 Å². The SMILES string of the molecule is COc1nc2ccc(Oc3c(Cl)cc(NC(=O)C4NOC(=O)N4)cc3Cl)cc2n1C1(C)CC1. The molecule has 3 aromatic rings. The smallest absolute Gasteiger partial charge is 0.427 e. The molecular formula is C21H19Cl2N5O5. The highest BCUT2D eigenvalue weighted by Crippen LogP contribution is 2.48. The van der Waals surface area contributed by atoms with Crippen LogP contribution < -0.4 is 25.6 Å². The van der Waals surface area contributed by atoms with Crippen molar-refractivity contribution < 1.29 is 23.9 Å². The minimum absolute atomic E-state index is 0.0352. The monoisotopic (exact) mass is 491 g/mol. The van der Waals surface area contributed by atoms with E-state index in [1.165, 1.54) is 12.1 Å². The number of nitrogens with zero attached hydrogens (tertiary/aromatic N) is 2. The lowest BCUT2D eigenvalue weighted by Crippen LogP contribution is -2.43. The number of hydroxylamine groups is 1. The van der Waals surface area contributed by atoms with Gasteiger partial charge in [-0.2, -0.15) is 4.98 Å². The molecule has 1 aliphatic carbocycles. The second kappa shape index (κ2) is 7.98. The number of anilines is 1. The normalized spacial score (nSPS) is 18.5. The molecule has 2 aromatic carbocycles. The lowest BCUT2D eigenvalue weighted by molar-refractivity contribution is -0.119. The number of hydrogen-bond acceptors (Lipinski definition) is 7. The summed E-state index contributed by atoms with van der Waals surface area (Å²) in [5.74, 6) is 0.205. The first-order valence-corrected chi connectivity index (χ1v) is 10.8. The number of benzene rings is 2. The van der Waals surface area contributed by atoms with Gasteiger partial charge in [0, 0.05) is 17.3 Å². The Bertz CT molecular complexity index is 1270. The van der Waals surface area contributed by atoms with Crippen molar-refractivity contribution >= 4 is 51.9 Å². The summed E-state index contributed by atoms with van der Waals surface area (Å²) < 4.78 is 13.6. The van der Waals surface area contributed by atoms with Gasteiger partial charge in [-0.1, -0.05) is 23.2 Å². The Balaban J connectivity index is 1.40. The molecule has 1 saturated heterocycles. The van der Waals surface area contributed by atoms with Crippen molar-refractivity contribution in [1.82, 2.24) is 20.3 Å². The molecule has 1 unspecified atom stereocenters. The van der Waals surface area contributed by atoms with Crippen molar-refractivity contribution in [3.63, 3.8) is 0 Å². The van der Waals surface area contributed by atoms with E-state index in [2.05, 4.69) is 37.4 Å². The molecule has 2 aliphatic rings. The molecule has 10 nitrogen and oxygen atoms in total. The van der Waals surface area contributed by atoms with Crippen LogP contribution in [0.2, 0.25) is 10.0 Å². The molecule has 33 heavy (non-hydrogen) atoms. The lowest BCUT2D eigenvalue weighted by Gasteiger charge is -2.16. The average molecular weight is 492 g/mol. The number of fused-ring (bicyclic) bond motifs is 1. The first-order valence-electron chi connectivity index (χ1n) is 10.0. The fourth-order valence-corrected chi connectivity index (χ4v) is 4.19. The van der Waals surface area contributed by atoms with Crippen LogP contribution in [0.5, 0.6) is 17.5 Å². The zero-order valence-electron chi connectivity index (χ0n) is 17.6. The molecule has 0 spiro atoms. The standard InChI is InChI=1S/C21H19Cl2N5O5/c1-21(5-6-21)28-15-9-11(3-4-14(15)25-19(28)31-2)32-16-12(22)7-10(8-13(16)23)24-18(29)17-26-20(30)33-27-17/h3-4,7-9,17,27H,5-6H2,1-2H3,(H,24,29)(H,26,30). The highest BCUT2D eigenvalue weighted by molar-refractivity contribution is 6.37. The second-order valence-electron chi connectivity index (χ2n) is 8.03. The van der Waals surface area contributed by atoms with E-state index in [0.29, 0.717) is 17.4 Å². The summed E-state index contributed by atoms with van der Waals surface area (Å²) in [5.41, 5.74) is 4.22. The Morgan fingerprint density at radius 1 is 1.27 bits per heavy atom. The van der Waals surface area contributed by atoms with Crippen LogP contribution in [0.25, 0.3) is 11.0 Å². The third-order valence-corrected chi connectivity index (χ3v) is 6.13. The minimum atomic E-state index is -1.03. The number of carbonyl (C=O) groups excluding carboxylic acids is 2. The topological polar surface area (TPSA) is 116 Å². The van der Waals surface area contributed by atoms with Gasteiger partial charge in [0.25, 0.3) is 11.9 Å². The number of hydrogen-bond donors (Lipinski definition) is 3. The number of nitrogens with one attached hydrogen (secondary N) is 3. The van der Waals surface area contributed by atoms with Crippen LogP contribution in [0.4, 0.5) is 10.5 Å². The maximum Gasteiger partial charge on any atom is 0.427 e. The van der Waals surface area contributed by atoms with Gasteiger partial charge in [0.15, 0.2) is 11.9 Å². The molecule has 172 valence electrons. The molecular weight excluding hydrogens is 473 g/mol. The molecule has 1 atom stereocenters. The third kappa shape index (κ3) is 4.01. The van der Waals surface area contributed by atoms with Gasteiger partial charge in [0.1, 0.15) is 5.75 Å². The van der Waals surface area contributed by atoms with E-state index in [-0.39, 0.29) is 21.3 Å². The first-order chi connectivity index (χ1) is 15.8. The molecule has 2 heterocycles. The molecule has 0 bridgehead atoms. The predicted octanol–water partition coefficient (Wildman–Crippen LogP) is 4.16. The molecule has 1 aromatic heterocycles. The fourth-order valence-electron chi connectivity index (χ4n) is 3.63. The number of imidazole rings is 1. The Morgan fingerprint density at radius 2 is 2.00 bits per heavy atom. The van der Waals surface area contributed by atoms with Gasteiger partial charge >= 0.3 is 6.09 Å². The summed E-state index contributed by atoms with van der Waals surface area (Å²) in [4.78, 5) is 32.3. The summed E-state index contributed by atoms with van der Waals surface area (Å²) in [7, 11) is 1.60. The van der Waals surface area contributed by atoms with Crippen LogP contribution in [-0.2, 0) is 15.2 Å². The third-order valence-electron chi connectivity index (χ3n) is 5.57. The number of carbonyl (C=O) groups is 2. The highest BCUT2D eigenvalue weighted by Gasteiger charge is 2.42. The molecule has 2 fully saturated rings. The van der Waals surface area contributed by atoms with E-state index in [0.717, 1.165) is 23.9 Å². The molecule has 12 heteroatoms. The maximum absolute atomic E-state index is 12.2. The highest BCUT2D eigenvalue weighted by atomic mass is 35.5. The van der Waals surface area contributed by atoms with E-state index in [1.54, 1.807) is 13.2 Å². The Kier molecular flexibility index (Phi) is 5.23. The summed E-state index contributed by atoms with van der Waals surface area (Å²) in [6.07, 6.45) is 0.294. The summed E-state index contributed by atoms with van der Waals surface area (Å²) in [5, 5.41) is 5.28. The molecule has 0 radical (unpaired) electrons. The average Bonchev–Trinajstić information content (AvgIpc) is 3.19. The number of ether oxygens (including phenoxy) is 2. The predicted molar refractivity (Wildman–Crippen MR) is 121 cm³/mol. The Labute approximate surface area is 198 Å². The van der Waals surface area contributed by atoms with E-state index < -0.39 is 18.2 Å². The van der Waals surface area contributed by atoms with Gasteiger partial charge < -0.3 is 19.6 Å². The zero-order valence-corrected chi connectivity index (χ0v) is 19.1. The largest absolute Gasteiger partial charge is 0.468 e. The summed E-state index contributed by atoms with van der Waals surface area (Å²) in [6, 6.07) is 9.02. The number of amides is 2. The van der Waals surface area contributed by atoms with Crippen molar-refractivity contribution in [2.45, 2.75) is 31.5 Å². The molecule has 1 saturated carbocycles. The second-order valence-corrected chi connectivity index (χ2v) is 8.84. The molecule has 1 aliphatic heterocycles. The van der Waals surface area contributed by atoms with Gasteiger partial charge in [-0.25, -0.2) is 4.79 Å². The number of rotatable bonds is 6. The van der Waals surface area contributed by atoms with Crippen molar-refractivity contribution in [2.24, 2.45) is 0 Å². The minimum Gasteiger partial charge on any atom is -0.468 e. The van der Waals surface area contributed by atoms with Gasteiger partial charge in [-0.15, -0.1) is 5.48 Å². The van der Waals surface area contributed by atoms with Crippen molar-refractivity contribution in [3.05, 3.63) is 40.4 Å². The number of methoxy groups -OCH3 is 1. The zero-order chi connectivity index (χ0) is 23.3. The van der Waals surface area contributed by atoms with Gasteiger partial charge in [-0.3, -0.25) is 14.7 Å². The maximum atomic E-state index is 12.2. The molecule has 2 amide bonds. The van der Waals surface area contributed by atoms with Gasteiger partial charge in [0.05, 0.1) is 28.2 Å². The van der Waals surface area contributed by atoms with E-state index >= 15 is 0 Å².